The van der Waals surface area contributed by atoms with Gasteiger partial charge in [0.1, 0.15) is 6.04 Å². The summed E-state index contributed by atoms with van der Waals surface area (Å²) in [6.45, 7) is -0.00745. The Hall–Kier alpha value is -2.98. The highest BCUT2D eigenvalue weighted by Gasteiger charge is 2.41. The van der Waals surface area contributed by atoms with Crippen LogP contribution in [0.5, 0.6) is 0 Å². The van der Waals surface area contributed by atoms with Gasteiger partial charge in [0, 0.05) is 29.0 Å². The van der Waals surface area contributed by atoms with Crippen LogP contribution in [-0.2, 0) is 14.4 Å². The number of hydrogen-bond donors (Lipinski definition) is 3. The third-order valence-corrected chi connectivity index (χ3v) is 7.44. The first-order valence-corrected chi connectivity index (χ1v) is 13.0. The van der Waals surface area contributed by atoms with Gasteiger partial charge in [0.2, 0.25) is 17.7 Å². The number of halogens is 5. The SMILES string of the molecule is NC(=O)[C@H](CCC(F)(F)F)[C@H](CC1CC1)C(=O)N[C@H]1CN(c2ccc(Cl)cc2)c2cccc(Cl)c2NC1=O. The molecule has 0 bridgehead atoms. The number of amides is 3. The number of nitrogens with one attached hydrogen (secondary N) is 2. The highest BCUT2D eigenvalue weighted by Crippen LogP contribution is 2.41. The molecule has 2 aromatic carbocycles. The van der Waals surface area contributed by atoms with E-state index in [1.807, 2.05) is 0 Å². The normalized spacial score (nSPS) is 19.1. The van der Waals surface area contributed by atoms with Crippen LogP contribution < -0.4 is 21.3 Å². The van der Waals surface area contributed by atoms with Crippen LogP contribution in [0.25, 0.3) is 0 Å². The molecule has 1 fully saturated rings. The van der Waals surface area contributed by atoms with Crippen molar-refractivity contribution in [3.05, 3.63) is 52.5 Å². The molecule has 4 N–H and O–H groups in total. The van der Waals surface area contributed by atoms with Crippen molar-refractivity contribution in [1.82, 2.24) is 5.32 Å². The lowest BCUT2D eigenvalue weighted by Crippen LogP contribution is -2.52. The van der Waals surface area contributed by atoms with E-state index in [1.165, 1.54) is 0 Å². The first kappa shape index (κ1) is 28.0. The summed E-state index contributed by atoms with van der Waals surface area (Å²) in [5.41, 5.74) is 7.07. The van der Waals surface area contributed by atoms with Gasteiger partial charge in [-0.05, 0) is 55.2 Å². The number of nitrogens with two attached hydrogens (primary N) is 1. The van der Waals surface area contributed by atoms with Gasteiger partial charge in [0.25, 0.3) is 0 Å². The van der Waals surface area contributed by atoms with Crippen LogP contribution in [-0.4, -0.2) is 36.5 Å². The van der Waals surface area contributed by atoms with E-state index in [9.17, 15) is 27.6 Å². The summed E-state index contributed by atoms with van der Waals surface area (Å²) in [7, 11) is 0. The molecule has 4 rings (SSSR count). The van der Waals surface area contributed by atoms with E-state index < -0.39 is 54.6 Å². The number of carbonyl (C=O) groups is 3. The summed E-state index contributed by atoms with van der Waals surface area (Å²) in [4.78, 5) is 40.7. The number of anilines is 3. The van der Waals surface area contributed by atoms with Gasteiger partial charge in [-0.1, -0.05) is 42.1 Å². The van der Waals surface area contributed by atoms with Gasteiger partial charge in [0.15, 0.2) is 0 Å². The molecule has 204 valence electrons. The Labute approximate surface area is 227 Å². The number of rotatable bonds is 9. The maximum atomic E-state index is 13.5. The summed E-state index contributed by atoms with van der Waals surface area (Å²) < 4.78 is 38.8. The number of para-hydroxylation sites is 1. The van der Waals surface area contributed by atoms with Gasteiger partial charge in [-0.15, -0.1) is 0 Å². The number of carbonyl (C=O) groups excluding carboxylic acids is 3. The molecule has 1 heterocycles. The largest absolute Gasteiger partial charge is 0.389 e. The van der Waals surface area contributed by atoms with E-state index in [4.69, 9.17) is 28.9 Å². The molecular weight excluding hydrogens is 544 g/mol. The lowest BCUT2D eigenvalue weighted by molar-refractivity contribution is -0.146. The molecule has 7 nitrogen and oxygen atoms in total. The number of alkyl halides is 3. The van der Waals surface area contributed by atoms with Crippen LogP contribution in [0.2, 0.25) is 10.0 Å². The first-order chi connectivity index (χ1) is 17.9. The average Bonchev–Trinajstić information content (AvgIpc) is 3.67. The van der Waals surface area contributed by atoms with E-state index in [0.29, 0.717) is 22.1 Å². The fourth-order valence-corrected chi connectivity index (χ4v) is 5.06. The minimum Gasteiger partial charge on any atom is -0.369 e. The van der Waals surface area contributed by atoms with Gasteiger partial charge >= 0.3 is 6.18 Å². The Morgan fingerprint density at radius 2 is 1.79 bits per heavy atom. The lowest BCUT2D eigenvalue weighted by Gasteiger charge is -2.29. The Morgan fingerprint density at radius 3 is 2.39 bits per heavy atom. The monoisotopic (exact) mass is 570 g/mol. The molecule has 0 unspecified atom stereocenters. The van der Waals surface area contributed by atoms with Crippen LogP contribution in [0.4, 0.5) is 30.2 Å². The first-order valence-electron chi connectivity index (χ1n) is 12.2. The molecular formula is C26H27Cl2F3N4O3. The molecule has 3 atom stereocenters. The van der Waals surface area contributed by atoms with Crippen molar-refractivity contribution in [2.24, 2.45) is 23.5 Å². The predicted molar refractivity (Wildman–Crippen MR) is 139 cm³/mol. The fourth-order valence-electron chi connectivity index (χ4n) is 4.72. The number of nitrogens with zero attached hydrogens (tertiary/aromatic N) is 1. The van der Waals surface area contributed by atoms with Crippen molar-refractivity contribution >= 4 is 58.0 Å². The third-order valence-electron chi connectivity index (χ3n) is 6.88. The second kappa shape index (κ2) is 11.4. The summed E-state index contributed by atoms with van der Waals surface area (Å²) in [5, 5.41) is 6.24. The molecule has 0 spiro atoms. The van der Waals surface area contributed by atoms with E-state index in [2.05, 4.69) is 10.6 Å². The van der Waals surface area contributed by atoms with Crippen molar-refractivity contribution < 1.29 is 27.6 Å². The van der Waals surface area contributed by atoms with Gasteiger partial charge in [-0.3, -0.25) is 14.4 Å². The number of hydrogen-bond acceptors (Lipinski definition) is 4. The summed E-state index contributed by atoms with van der Waals surface area (Å²) in [5.74, 6) is -4.49. The van der Waals surface area contributed by atoms with Crippen molar-refractivity contribution in [1.29, 1.82) is 0 Å². The molecule has 3 amide bonds. The highest BCUT2D eigenvalue weighted by molar-refractivity contribution is 6.34. The fraction of sp³-hybridized carbons (Fsp3) is 0.423. The minimum absolute atomic E-state index is 0.00745. The van der Waals surface area contributed by atoms with Crippen molar-refractivity contribution in [3.63, 3.8) is 0 Å². The van der Waals surface area contributed by atoms with Crippen LogP contribution in [0.1, 0.15) is 32.1 Å². The van der Waals surface area contributed by atoms with Gasteiger partial charge < -0.3 is 21.3 Å². The Morgan fingerprint density at radius 1 is 1.11 bits per heavy atom. The molecule has 12 heteroatoms. The van der Waals surface area contributed by atoms with Crippen LogP contribution >= 0.6 is 23.2 Å². The minimum atomic E-state index is -4.50. The smallest absolute Gasteiger partial charge is 0.369 e. The topological polar surface area (TPSA) is 105 Å². The summed E-state index contributed by atoms with van der Waals surface area (Å²) >= 11 is 12.4. The van der Waals surface area contributed by atoms with E-state index in [1.54, 1.807) is 47.4 Å². The molecule has 2 aromatic rings. The van der Waals surface area contributed by atoms with E-state index in [0.717, 1.165) is 12.8 Å². The summed E-state index contributed by atoms with van der Waals surface area (Å²) in [6.07, 6.45) is -4.49. The van der Waals surface area contributed by atoms with Crippen LogP contribution in [0, 0.1) is 17.8 Å². The Bertz CT molecular complexity index is 1210. The number of benzene rings is 2. The van der Waals surface area contributed by atoms with Crippen LogP contribution in [0.15, 0.2) is 42.5 Å². The molecule has 1 aliphatic heterocycles. The highest BCUT2D eigenvalue weighted by atomic mass is 35.5. The second-order valence-corrected chi connectivity index (χ2v) is 10.6. The predicted octanol–water partition coefficient (Wildman–Crippen LogP) is 5.43. The van der Waals surface area contributed by atoms with Gasteiger partial charge in [0.05, 0.1) is 22.9 Å². The van der Waals surface area contributed by atoms with Gasteiger partial charge in [-0.25, -0.2) is 0 Å². The van der Waals surface area contributed by atoms with Gasteiger partial charge in [-0.2, -0.15) is 13.2 Å². The van der Waals surface area contributed by atoms with Crippen molar-refractivity contribution in [2.75, 3.05) is 16.8 Å². The maximum Gasteiger partial charge on any atom is 0.389 e. The summed E-state index contributed by atoms with van der Waals surface area (Å²) in [6, 6.07) is 10.8. The Kier molecular flexibility index (Phi) is 8.42. The quantitative estimate of drug-likeness (QED) is 0.374. The lowest BCUT2D eigenvalue weighted by atomic mass is 9.83. The molecule has 38 heavy (non-hydrogen) atoms. The number of fused-ring (bicyclic) bond motifs is 1. The second-order valence-electron chi connectivity index (χ2n) is 9.72. The molecule has 2 aliphatic rings. The molecule has 0 radical (unpaired) electrons. The molecule has 1 aliphatic carbocycles. The standard InChI is InChI=1S/C26H27Cl2F3N4O3/c27-15-6-8-16(9-7-15)35-13-20(25(38)34-22-19(28)2-1-3-21(22)35)33-24(37)18(12-14-4-5-14)17(23(32)36)10-11-26(29,30)31/h1-3,6-9,14,17-18,20H,4-5,10-13H2,(H2,32,36)(H,33,37)(H,34,38)/t17-,18+,20+/m1/s1. The zero-order chi connectivity index (χ0) is 27.6. The number of primary amides is 1. The Balaban J connectivity index is 1.62. The average molecular weight is 571 g/mol. The molecule has 0 saturated heterocycles. The molecule has 1 saturated carbocycles. The maximum absolute atomic E-state index is 13.5. The zero-order valence-electron chi connectivity index (χ0n) is 20.2. The van der Waals surface area contributed by atoms with Crippen LogP contribution in [0.3, 0.4) is 0 Å². The van der Waals surface area contributed by atoms with E-state index in [-0.39, 0.29) is 23.9 Å². The van der Waals surface area contributed by atoms with Crippen molar-refractivity contribution in [3.8, 4) is 0 Å². The molecule has 0 aromatic heterocycles. The zero-order valence-corrected chi connectivity index (χ0v) is 21.7. The third kappa shape index (κ3) is 6.91. The van der Waals surface area contributed by atoms with E-state index >= 15 is 0 Å². The van der Waals surface area contributed by atoms with Crippen molar-refractivity contribution in [2.45, 2.75) is 44.3 Å².